The van der Waals surface area contributed by atoms with Crippen LogP contribution in [-0.2, 0) is 16.1 Å². The smallest absolute Gasteiger partial charge is 0.224 e. The van der Waals surface area contributed by atoms with E-state index in [1.807, 2.05) is 37.1 Å². The first kappa shape index (κ1) is 14.9. The van der Waals surface area contributed by atoms with Crippen molar-refractivity contribution in [3.63, 3.8) is 0 Å². The van der Waals surface area contributed by atoms with Crippen molar-refractivity contribution in [2.45, 2.75) is 38.9 Å². The first-order valence-corrected chi connectivity index (χ1v) is 7.16. The highest BCUT2D eigenvalue weighted by Crippen LogP contribution is 2.11. The molecule has 0 bridgehead atoms. The van der Waals surface area contributed by atoms with Crippen LogP contribution in [0.15, 0.2) is 24.5 Å². The number of nitrogens with zero attached hydrogens (tertiary/aromatic N) is 2. The van der Waals surface area contributed by atoms with Crippen LogP contribution in [0.1, 0.15) is 25.8 Å². The van der Waals surface area contributed by atoms with Crippen LogP contribution in [0.2, 0.25) is 0 Å². The second-order valence-electron chi connectivity index (χ2n) is 5.41. The van der Waals surface area contributed by atoms with Gasteiger partial charge in [0, 0.05) is 44.0 Å². The fourth-order valence-corrected chi connectivity index (χ4v) is 2.33. The summed E-state index contributed by atoms with van der Waals surface area (Å²) in [6.45, 7) is 6.86. The molecule has 0 aliphatic carbocycles. The Balaban J connectivity index is 1.95. The Morgan fingerprint density at radius 1 is 1.60 bits per heavy atom. The number of carbonyl (C=O) groups excluding carboxylic acids is 1. The van der Waals surface area contributed by atoms with Gasteiger partial charge in [0.25, 0.3) is 0 Å². The van der Waals surface area contributed by atoms with E-state index in [1.165, 1.54) is 0 Å². The number of rotatable bonds is 5. The van der Waals surface area contributed by atoms with Crippen molar-refractivity contribution in [1.29, 1.82) is 0 Å². The second-order valence-corrected chi connectivity index (χ2v) is 5.41. The Morgan fingerprint density at radius 2 is 2.45 bits per heavy atom. The van der Waals surface area contributed by atoms with Crippen molar-refractivity contribution in [3.05, 3.63) is 30.1 Å². The normalized spacial score (nSPS) is 19.1. The van der Waals surface area contributed by atoms with Crippen molar-refractivity contribution in [1.82, 2.24) is 15.2 Å². The maximum atomic E-state index is 12.5. The van der Waals surface area contributed by atoms with Crippen molar-refractivity contribution < 1.29 is 9.53 Å². The van der Waals surface area contributed by atoms with Gasteiger partial charge in [0.2, 0.25) is 5.91 Å². The lowest BCUT2D eigenvalue weighted by Crippen LogP contribution is -2.46. The Bertz CT molecular complexity index is 416. The number of hydrogen-bond acceptors (Lipinski definition) is 4. The largest absolute Gasteiger partial charge is 0.378 e. The van der Waals surface area contributed by atoms with Crippen LogP contribution in [0.25, 0.3) is 0 Å². The molecule has 0 aromatic carbocycles. The summed E-state index contributed by atoms with van der Waals surface area (Å²) in [6, 6.07) is 4.20. The summed E-state index contributed by atoms with van der Waals surface area (Å²) in [7, 11) is 0. The maximum absolute atomic E-state index is 12.5. The minimum absolute atomic E-state index is 0.131. The molecule has 1 amide bonds. The number of nitrogens with one attached hydrogen (secondary N) is 1. The molecule has 1 aromatic heterocycles. The summed E-state index contributed by atoms with van der Waals surface area (Å²) >= 11 is 0. The molecule has 0 saturated carbocycles. The Kier molecular flexibility index (Phi) is 5.49. The number of pyridine rings is 1. The molecule has 20 heavy (non-hydrogen) atoms. The van der Waals surface area contributed by atoms with Crippen molar-refractivity contribution in [2.75, 3.05) is 19.8 Å². The van der Waals surface area contributed by atoms with Crippen molar-refractivity contribution in [3.8, 4) is 0 Å². The van der Waals surface area contributed by atoms with Gasteiger partial charge in [0.05, 0.1) is 13.2 Å². The van der Waals surface area contributed by atoms with Crippen LogP contribution in [0.5, 0.6) is 0 Å². The van der Waals surface area contributed by atoms with Crippen LogP contribution < -0.4 is 5.32 Å². The molecule has 0 spiro atoms. The lowest BCUT2D eigenvalue weighted by Gasteiger charge is -2.30. The molecule has 2 rings (SSSR count). The van der Waals surface area contributed by atoms with Gasteiger partial charge in [-0.15, -0.1) is 0 Å². The first-order chi connectivity index (χ1) is 9.66. The first-order valence-electron chi connectivity index (χ1n) is 7.16. The molecule has 1 N–H and O–H groups in total. The fraction of sp³-hybridized carbons (Fsp3) is 0.600. The van der Waals surface area contributed by atoms with Gasteiger partial charge in [0.1, 0.15) is 0 Å². The summed E-state index contributed by atoms with van der Waals surface area (Å²) in [5.74, 6) is 0.159. The quantitative estimate of drug-likeness (QED) is 0.878. The molecular weight excluding hydrogens is 254 g/mol. The molecule has 2 heterocycles. The second kappa shape index (κ2) is 7.36. The molecule has 1 unspecified atom stereocenters. The molecule has 1 aromatic rings. The topological polar surface area (TPSA) is 54.5 Å². The van der Waals surface area contributed by atoms with Gasteiger partial charge in [-0.1, -0.05) is 6.07 Å². The lowest BCUT2D eigenvalue weighted by atomic mass is 10.1. The van der Waals surface area contributed by atoms with Gasteiger partial charge in [0.15, 0.2) is 0 Å². The summed E-state index contributed by atoms with van der Waals surface area (Å²) in [5.41, 5.74) is 1.06. The molecule has 0 radical (unpaired) electrons. The third-order valence-corrected chi connectivity index (χ3v) is 3.44. The number of ether oxygens (including phenoxy) is 1. The minimum Gasteiger partial charge on any atom is -0.378 e. The van der Waals surface area contributed by atoms with E-state index in [2.05, 4.69) is 10.3 Å². The highest BCUT2D eigenvalue weighted by atomic mass is 16.5. The van der Waals surface area contributed by atoms with Crippen LogP contribution >= 0.6 is 0 Å². The third kappa shape index (κ3) is 4.28. The van der Waals surface area contributed by atoms with Crippen LogP contribution in [0.4, 0.5) is 0 Å². The molecule has 1 atom stereocenters. The van der Waals surface area contributed by atoms with Gasteiger partial charge in [-0.2, -0.15) is 0 Å². The van der Waals surface area contributed by atoms with E-state index >= 15 is 0 Å². The molecule has 1 fully saturated rings. The zero-order valence-electron chi connectivity index (χ0n) is 12.2. The van der Waals surface area contributed by atoms with Gasteiger partial charge >= 0.3 is 0 Å². The van der Waals surface area contributed by atoms with E-state index in [-0.39, 0.29) is 18.0 Å². The molecule has 5 nitrogen and oxygen atoms in total. The number of hydrogen-bond donors (Lipinski definition) is 1. The molecule has 110 valence electrons. The zero-order valence-corrected chi connectivity index (χ0v) is 12.2. The lowest BCUT2D eigenvalue weighted by molar-refractivity contribution is -0.134. The van der Waals surface area contributed by atoms with E-state index in [4.69, 9.17) is 4.74 Å². The minimum atomic E-state index is 0.131. The van der Waals surface area contributed by atoms with Crippen molar-refractivity contribution >= 4 is 5.91 Å². The summed E-state index contributed by atoms with van der Waals surface area (Å²) in [6.07, 6.45) is 4.04. The van der Waals surface area contributed by atoms with Crippen molar-refractivity contribution in [2.24, 2.45) is 0 Å². The van der Waals surface area contributed by atoms with E-state index in [1.54, 1.807) is 6.20 Å². The highest BCUT2D eigenvalue weighted by Gasteiger charge is 2.22. The average Bonchev–Trinajstić information content (AvgIpc) is 2.46. The average molecular weight is 277 g/mol. The number of aromatic nitrogens is 1. The van der Waals surface area contributed by atoms with Crippen LogP contribution in [0.3, 0.4) is 0 Å². The predicted octanol–water partition coefficient (Wildman–Crippen LogP) is 1.20. The highest BCUT2D eigenvalue weighted by molar-refractivity contribution is 5.77. The van der Waals surface area contributed by atoms with Gasteiger partial charge in [-0.3, -0.25) is 9.78 Å². The Labute approximate surface area is 120 Å². The SMILES string of the molecule is CC(C)N(Cc1cccnc1)C(=O)CC1COCCN1. The number of morpholine rings is 1. The maximum Gasteiger partial charge on any atom is 0.224 e. The van der Waals surface area contributed by atoms with Gasteiger partial charge < -0.3 is 15.0 Å². The summed E-state index contributed by atoms with van der Waals surface area (Å²) in [4.78, 5) is 18.5. The van der Waals surface area contributed by atoms with Gasteiger partial charge in [-0.25, -0.2) is 0 Å². The van der Waals surface area contributed by atoms with E-state index in [9.17, 15) is 4.79 Å². The van der Waals surface area contributed by atoms with Gasteiger partial charge in [-0.05, 0) is 25.5 Å². The van der Waals surface area contributed by atoms with E-state index < -0.39 is 0 Å². The third-order valence-electron chi connectivity index (χ3n) is 3.44. The predicted molar refractivity (Wildman–Crippen MR) is 77.1 cm³/mol. The molecule has 5 heteroatoms. The molecule has 1 aliphatic rings. The molecular formula is C15H23N3O2. The fourth-order valence-electron chi connectivity index (χ4n) is 2.33. The van der Waals surface area contributed by atoms with E-state index in [0.717, 1.165) is 18.7 Å². The molecule has 1 aliphatic heterocycles. The standard InChI is InChI=1S/C15H23N3O2/c1-12(2)18(10-13-4-3-5-16-9-13)15(19)8-14-11-20-7-6-17-14/h3-5,9,12,14,17H,6-8,10-11H2,1-2H3. The zero-order chi connectivity index (χ0) is 14.4. The summed E-state index contributed by atoms with van der Waals surface area (Å²) < 4.78 is 5.40. The number of carbonyl (C=O) groups is 1. The summed E-state index contributed by atoms with van der Waals surface area (Å²) in [5, 5.41) is 3.32. The van der Waals surface area contributed by atoms with E-state index in [0.29, 0.717) is 19.6 Å². The Morgan fingerprint density at radius 3 is 3.05 bits per heavy atom. The van der Waals surface area contributed by atoms with Crippen LogP contribution in [0, 0.1) is 0 Å². The number of amides is 1. The monoisotopic (exact) mass is 277 g/mol. The molecule has 1 saturated heterocycles. The Hall–Kier alpha value is -1.46. The van der Waals surface area contributed by atoms with Crippen LogP contribution in [-0.4, -0.2) is 47.6 Å².